The van der Waals surface area contributed by atoms with Crippen molar-refractivity contribution < 1.29 is 4.39 Å². The number of nitrogens with zero attached hydrogens (tertiary/aromatic N) is 5. The van der Waals surface area contributed by atoms with E-state index < -0.39 is 0 Å². The molecule has 3 N–H and O–H groups in total. The van der Waals surface area contributed by atoms with E-state index >= 15 is 0 Å². The number of hydrogen-bond acceptors (Lipinski definition) is 6. The van der Waals surface area contributed by atoms with Crippen molar-refractivity contribution in [2.45, 2.75) is 12.8 Å². The van der Waals surface area contributed by atoms with Crippen molar-refractivity contribution in [3.05, 3.63) is 71.2 Å². The number of nitrogen functional groups attached to an aromatic ring is 1. The van der Waals surface area contributed by atoms with E-state index in [4.69, 9.17) is 17.3 Å². The minimum atomic E-state index is -0.350. The zero-order valence-electron chi connectivity index (χ0n) is 15.8. The number of hydrogen-bond donors (Lipinski definition) is 2. The van der Waals surface area contributed by atoms with Gasteiger partial charge in [0, 0.05) is 16.9 Å². The van der Waals surface area contributed by atoms with Gasteiger partial charge in [0.25, 0.3) is 0 Å². The van der Waals surface area contributed by atoms with Crippen molar-refractivity contribution in [3.8, 4) is 11.1 Å². The molecule has 148 valence electrons. The Bertz CT molecular complexity index is 1420. The highest BCUT2D eigenvalue weighted by Gasteiger charge is 2.23. The third-order valence-electron chi connectivity index (χ3n) is 5.08. The van der Waals surface area contributed by atoms with Gasteiger partial charge in [-0.15, -0.1) is 5.10 Å². The van der Waals surface area contributed by atoms with E-state index in [-0.39, 0.29) is 11.7 Å². The smallest absolute Gasteiger partial charge is 0.183 e. The van der Waals surface area contributed by atoms with Crippen LogP contribution in [0.4, 0.5) is 10.2 Å². The molecule has 2 aromatic carbocycles. The summed E-state index contributed by atoms with van der Waals surface area (Å²) in [6, 6.07) is 9.95. The van der Waals surface area contributed by atoms with Gasteiger partial charge in [-0.1, -0.05) is 30.7 Å². The molecule has 0 bridgehead atoms. The zero-order valence-corrected chi connectivity index (χ0v) is 16.5. The lowest BCUT2D eigenvalue weighted by molar-refractivity contribution is 0.628. The quantitative estimate of drug-likeness (QED) is 0.446. The molecule has 0 saturated carbocycles. The molecule has 1 atom stereocenters. The number of H-pyrrole nitrogens is 1. The highest BCUT2D eigenvalue weighted by molar-refractivity contribution is 6.36. The third-order valence-corrected chi connectivity index (χ3v) is 5.40. The van der Waals surface area contributed by atoms with Gasteiger partial charge < -0.3 is 10.7 Å². The van der Waals surface area contributed by atoms with Gasteiger partial charge in [0.1, 0.15) is 22.7 Å². The molecule has 30 heavy (non-hydrogen) atoms. The van der Waals surface area contributed by atoms with Crippen LogP contribution in [0.3, 0.4) is 0 Å². The molecule has 0 saturated heterocycles. The first-order valence-electron chi connectivity index (χ1n) is 9.19. The molecule has 3 heterocycles. The second kappa shape index (κ2) is 7.00. The Kier molecular flexibility index (Phi) is 4.29. The van der Waals surface area contributed by atoms with E-state index in [1.807, 2.05) is 19.1 Å². The van der Waals surface area contributed by atoms with Gasteiger partial charge in [0.05, 0.1) is 17.5 Å². The van der Waals surface area contributed by atoms with E-state index in [0.717, 1.165) is 16.5 Å². The molecular weight excluding hydrogens is 405 g/mol. The van der Waals surface area contributed by atoms with Crippen molar-refractivity contribution in [1.29, 1.82) is 0 Å². The van der Waals surface area contributed by atoms with Crippen LogP contribution in [0.15, 0.2) is 48.9 Å². The molecule has 0 aliphatic carbocycles. The number of nitrogens with one attached hydrogen (secondary N) is 1. The lowest BCUT2D eigenvalue weighted by atomic mass is 9.89. The number of anilines is 1. The molecule has 7 nitrogen and oxygen atoms in total. The second-order valence-corrected chi connectivity index (χ2v) is 7.32. The summed E-state index contributed by atoms with van der Waals surface area (Å²) in [4.78, 5) is 16.1. The van der Waals surface area contributed by atoms with Crippen LogP contribution in [0.25, 0.3) is 33.2 Å². The highest BCUT2D eigenvalue weighted by Crippen LogP contribution is 2.40. The van der Waals surface area contributed by atoms with Gasteiger partial charge in [-0.05, 0) is 35.4 Å². The maximum absolute atomic E-state index is 14.1. The molecule has 0 fully saturated rings. The third kappa shape index (κ3) is 2.93. The van der Waals surface area contributed by atoms with Crippen LogP contribution in [0.5, 0.6) is 0 Å². The standard InChI is InChI=1S/C21H15ClFN7/c1-10(20-28-19(24)18-21(29-20)26-9-25-18)14-8-15(22)13-5-6-27-30-17(13)16(14)11-3-2-4-12(23)7-11/h2-10H,1H3,(H3,24,25,26,28,29). The lowest BCUT2D eigenvalue weighted by Gasteiger charge is -2.18. The van der Waals surface area contributed by atoms with Crippen LogP contribution in [-0.4, -0.2) is 30.1 Å². The number of benzene rings is 2. The normalized spacial score (nSPS) is 12.5. The van der Waals surface area contributed by atoms with E-state index in [2.05, 4.69) is 30.1 Å². The summed E-state index contributed by atoms with van der Waals surface area (Å²) in [6.07, 6.45) is 3.09. The molecule has 5 rings (SSSR count). The Labute approximate surface area is 175 Å². The number of imidazole rings is 1. The van der Waals surface area contributed by atoms with Gasteiger partial charge in [-0.25, -0.2) is 19.3 Å². The topological polar surface area (TPSA) is 106 Å². The first-order chi connectivity index (χ1) is 14.5. The highest BCUT2D eigenvalue weighted by atomic mass is 35.5. The Morgan fingerprint density at radius 1 is 1.17 bits per heavy atom. The van der Waals surface area contributed by atoms with Gasteiger partial charge in [0.15, 0.2) is 11.5 Å². The molecule has 1 unspecified atom stereocenters. The molecule has 0 amide bonds. The summed E-state index contributed by atoms with van der Waals surface area (Å²) in [6.45, 7) is 1.93. The van der Waals surface area contributed by atoms with E-state index in [0.29, 0.717) is 38.9 Å². The predicted octanol–water partition coefficient (Wildman–Crippen LogP) is 4.49. The first kappa shape index (κ1) is 18.4. The molecular formula is C21H15ClFN7. The van der Waals surface area contributed by atoms with E-state index in [9.17, 15) is 4.39 Å². The molecule has 9 heteroatoms. The monoisotopic (exact) mass is 419 g/mol. The summed E-state index contributed by atoms with van der Waals surface area (Å²) in [5, 5.41) is 9.56. The second-order valence-electron chi connectivity index (χ2n) is 6.92. The molecule has 0 radical (unpaired) electrons. The van der Waals surface area contributed by atoms with E-state index in [1.54, 1.807) is 18.3 Å². The van der Waals surface area contributed by atoms with Crippen molar-refractivity contribution >= 4 is 39.5 Å². The van der Waals surface area contributed by atoms with Crippen LogP contribution in [0.1, 0.15) is 24.2 Å². The number of fused-ring (bicyclic) bond motifs is 2. The summed E-state index contributed by atoms with van der Waals surface area (Å²) in [7, 11) is 0. The average molecular weight is 420 g/mol. The molecule has 0 aliphatic rings. The van der Waals surface area contributed by atoms with Crippen LogP contribution < -0.4 is 5.73 Å². The van der Waals surface area contributed by atoms with Gasteiger partial charge in [-0.3, -0.25) is 0 Å². The Morgan fingerprint density at radius 3 is 2.87 bits per heavy atom. The van der Waals surface area contributed by atoms with Gasteiger partial charge in [-0.2, -0.15) is 5.10 Å². The zero-order chi connectivity index (χ0) is 20.8. The molecule has 5 aromatic rings. The minimum Gasteiger partial charge on any atom is -0.382 e. The number of aromatic nitrogens is 6. The SMILES string of the molecule is CC(c1nc(N)c2[nH]cnc2n1)c1cc(Cl)c2ccnnc2c1-c1cccc(F)c1. The van der Waals surface area contributed by atoms with Gasteiger partial charge in [0.2, 0.25) is 0 Å². The van der Waals surface area contributed by atoms with Crippen LogP contribution in [-0.2, 0) is 0 Å². The maximum Gasteiger partial charge on any atom is 0.183 e. The van der Waals surface area contributed by atoms with Crippen LogP contribution in [0, 0.1) is 5.82 Å². The Balaban J connectivity index is 1.80. The Morgan fingerprint density at radius 2 is 2.03 bits per heavy atom. The maximum atomic E-state index is 14.1. The number of nitrogens with two attached hydrogens (primary N) is 1. The fourth-order valence-electron chi connectivity index (χ4n) is 3.63. The number of rotatable bonds is 3. The summed E-state index contributed by atoms with van der Waals surface area (Å²) in [5.41, 5.74) is 9.89. The Hall–Kier alpha value is -3.65. The largest absolute Gasteiger partial charge is 0.382 e. The first-order valence-corrected chi connectivity index (χ1v) is 9.57. The predicted molar refractivity (Wildman–Crippen MR) is 114 cm³/mol. The van der Waals surface area contributed by atoms with Crippen molar-refractivity contribution in [1.82, 2.24) is 30.1 Å². The fourth-order valence-corrected chi connectivity index (χ4v) is 3.90. The van der Waals surface area contributed by atoms with Crippen molar-refractivity contribution in [2.24, 2.45) is 0 Å². The van der Waals surface area contributed by atoms with Crippen LogP contribution >= 0.6 is 11.6 Å². The summed E-state index contributed by atoms with van der Waals surface area (Å²) < 4.78 is 14.1. The number of aromatic amines is 1. The van der Waals surface area contributed by atoms with E-state index in [1.165, 1.54) is 18.5 Å². The average Bonchev–Trinajstić information content (AvgIpc) is 3.22. The van der Waals surface area contributed by atoms with Crippen molar-refractivity contribution in [3.63, 3.8) is 0 Å². The molecule has 3 aromatic heterocycles. The van der Waals surface area contributed by atoms with Crippen LogP contribution in [0.2, 0.25) is 5.02 Å². The molecule has 0 spiro atoms. The number of halogens is 2. The van der Waals surface area contributed by atoms with Crippen molar-refractivity contribution in [2.75, 3.05) is 5.73 Å². The summed E-state index contributed by atoms with van der Waals surface area (Å²) in [5.74, 6) is 0.106. The molecule has 0 aliphatic heterocycles. The summed E-state index contributed by atoms with van der Waals surface area (Å²) >= 11 is 6.57. The lowest BCUT2D eigenvalue weighted by Crippen LogP contribution is -2.08. The van der Waals surface area contributed by atoms with Gasteiger partial charge >= 0.3 is 0 Å². The fraction of sp³-hybridized carbons (Fsp3) is 0.0952. The minimum absolute atomic E-state index is 0.304.